The largest absolute Gasteiger partial charge is 0.480 e. The Morgan fingerprint density at radius 2 is 2.05 bits per heavy atom. The first kappa shape index (κ1) is 26.9. The summed E-state index contributed by atoms with van der Waals surface area (Å²) in [5, 5.41) is 15.8. The fourth-order valence-corrected chi connectivity index (χ4v) is 5.27. The Morgan fingerprint density at radius 1 is 1.27 bits per heavy atom. The molecule has 3 N–H and O–H groups in total. The van der Waals surface area contributed by atoms with E-state index in [1.54, 1.807) is 13.1 Å². The van der Waals surface area contributed by atoms with Crippen LogP contribution in [0.15, 0.2) is 18.3 Å². The predicted molar refractivity (Wildman–Crippen MR) is 143 cm³/mol. The van der Waals surface area contributed by atoms with E-state index in [0.717, 1.165) is 55.7 Å². The van der Waals surface area contributed by atoms with E-state index in [0.29, 0.717) is 29.5 Å². The molecular formula is C28H39N5O4. The molecule has 200 valence electrons. The number of amides is 1. The lowest BCUT2D eigenvalue weighted by molar-refractivity contribution is -0.140. The van der Waals surface area contributed by atoms with Gasteiger partial charge in [-0.2, -0.15) is 0 Å². The first-order valence-electron chi connectivity index (χ1n) is 13.2. The average molecular weight is 510 g/mol. The maximum atomic E-state index is 13.0. The van der Waals surface area contributed by atoms with Crippen LogP contribution in [0.25, 0.3) is 0 Å². The molecule has 0 saturated heterocycles. The van der Waals surface area contributed by atoms with Gasteiger partial charge in [-0.05, 0) is 75.5 Å². The topological polar surface area (TPSA) is 117 Å². The highest BCUT2D eigenvalue weighted by molar-refractivity contribution is 5.99. The number of aliphatic carboxylic acids is 1. The van der Waals surface area contributed by atoms with Crippen LogP contribution in [0.1, 0.15) is 64.8 Å². The van der Waals surface area contributed by atoms with Crippen LogP contribution in [0.4, 0.5) is 11.6 Å². The molecule has 0 radical (unpaired) electrons. The van der Waals surface area contributed by atoms with Gasteiger partial charge in [0.1, 0.15) is 17.7 Å². The molecule has 2 aliphatic rings. The van der Waals surface area contributed by atoms with Gasteiger partial charge in [0.2, 0.25) is 0 Å². The normalized spacial score (nSPS) is 19.2. The van der Waals surface area contributed by atoms with E-state index in [9.17, 15) is 14.7 Å². The van der Waals surface area contributed by atoms with Gasteiger partial charge in [0.25, 0.3) is 5.91 Å². The lowest BCUT2D eigenvalue weighted by Gasteiger charge is -2.35. The molecule has 37 heavy (non-hydrogen) atoms. The van der Waals surface area contributed by atoms with Crippen molar-refractivity contribution in [2.24, 2.45) is 5.92 Å². The average Bonchev–Trinajstić information content (AvgIpc) is 2.83. The van der Waals surface area contributed by atoms with Crippen molar-refractivity contribution in [3.63, 3.8) is 0 Å². The quantitative estimate of drug-likeness (QED) is 0.421. The summed E-state index contributed by atoms with van der Waals surface area (Å²) >= 11 is 0. The molecule has 1 aliphatic heterocycles. The van der Waals surface area contributed by atoms with Gasteiger partial charge in [0, 0.05) is 51.1 Å². The van der Waals surface area contributed by atoms with E-state index in [4.69, 9.17) is 9.72 Å². The number of carboxylic acids is 1. The van der Waals surface area contributed by atoms with Crippen LogP contribution in [0, 0.1) is 19.8 Å². The second kappa shape index (κ2) is 11.9. The van der Waals surface area contributed by atoms with Crippen molar-refractivity contribution >= 4 is 23.5 Å². The van der Waals surface area contributed by atoms with Crippen molar-refractivity contribution in [1.29, 1.82) is 0 Å². The third-order valence-corrected chi connectivity index (χ3v) is 7.45. The van der Waals surface area contributed by atoms with E-state index >= 15 is 0 Å². The Balaban J connectivity index is 1.20. The number of anilines is 2. The van der Waals surface area contributed by atoms with Crippen LogP contribution >= 0.6 is 0 Å². The number of ether oxygens (including phenoxy) is 1. The van der Waals surface area contributed by atoms with Crippen molar-refractivity contribution in [2.75, 3.05) is 37.5 Å². The highest BCUT2D eigenvalue weighted by atomic mass is 16.5. The lowest BCUT2D eigenvalue weighted by Crippen LogP contribution is -2.42. The maximum Gasteiger partial charge on any atom is 0.326 e. The molecule has 3 heterocycles. The second-order valence-electron chi connectivity index (χ2n) is 10.5. The van der Waals surface area contributed by atoms with Crippen LogP contribution in [0.5, 0.6) is 0 Å². The number of nitrogens with one attached hydrogen (secondary N) is 2. The van der Waals surface area contributed by atoms with Gasteiger partial charge >= 0.3 is 5.97 Å². The summed E-state index contributed by atoms with van der Waals surface area (Å²) < 4.78 is 5.94. The number of rotatable bonds is 11. The molecule has 4 rings (SSSR count). The van der Waals surface area contributed by atoms with Gasteiger partial charge in [0.15, 0.2) is 0 Å². The maximum absolute atomic E-state index is 13.0. The van der Waals surface area contributed by atoms with Gasteiger partial charge < -0.3 is 25.4 Å². The summed E-state index contributed by atoms with van der Waals surface area (Å²) in [7, 11) is 3.72. The minimum atomic E-state index is -1.06. The Kier molecular flexibility index (Phi) is 8.63. The number of carbonyl (C=O) groups is 2. The second-order valence-corrected chi connectivity index (χ2v) is 10.5. The monoisotopic (exact) mass is 509 g/mol. The van der Waals surface area contributed by atoms with Crippen molar-refractivity contribution in [1.82, 2.24) is 15.3 Å². The molecule has 0 aromatic carbocycles. The van der Waals surface area contributed by atoms with E-state index in [2.05, 4.69) is 27.8 Å². The third kappa shape index (κ3) is 6.57. The Bertz CT molecular complexity index is 1130. The lowest BCUT2D eigenvalue weighted by atomic mass is 9.79. The number of pyridine rings is 2. The van der Waals surface area contributed by atoms with Crippen LogP contribution in [-0.2, 0) is 22.4 Å². The fourth-order valence-electron chi connectivity index (χ4n) is 5.27. The van der Waals surface area contributed by atoms with Crippen molar-refractivity contribution in [3.05, 3.63) is 46.3 Å². The van der Waals surface area contributed by atoms with Crippen LogP contribution in [0.2, 0.25) is 0 Å². The molecular weight excluding hydrogens is 470 g/mol. The van der Waals surface area contributed by atoms with Crippen LogP contribution in [-0.4, -0.2) is 66.3 Å². The molecule has 1 atom stereocenters. The summed E-state index contributed by atoms with van der Waals surface area (Å²) in [4.78, 5) is 35.8. The number of aromatic nitrogens is 2. The zero-order chi connectivity index (χ0) is 26.5. The van der Waals surface area contributed by atoms with E-state index in [1.807, 2.05) is 25.9 Å². The van der Waals surface area contributed by atoms with Crippen LogP contribution in [0.3, 0.4) is 0 Å². The number of hydrogen-bond acceptors (Lipinski definition) is 7. The van der Waals surface area contributed by atoms with Crippen molar-refractivity contribution in [3.8, 4) is 0 Å². The number of carbonyl (C=O) groups excluding carboxylic acids is 1. The Labute approximate surface area is 219 Å². The molecule has 1 amide bonds. The van der Waals surface area contributed by atoms with Gasteiger partial charge in [-0.1, -0.05) is 6.07 Å². The standard InChI is InChI=1S/C28H39N5O4/c1-17-16-30-26(33(3)4)18(2)24(17)27(34)32-23(28(35)36)11-13-37-22-14-19(15-22)7-9-21-10-8-20-6-5-12-29-25(20)31-21/h8,10,16,19,22-23H,5-7,9,11-15H2,1-4H3,(H,29,31)(H,32,34)(H,35,36)/t19?,22?,23-/m0/s1. The molecule has 0 unspecified atom stereocenters. The molecule has 2 aromatic rings. The van der Waals surface area contributed by atoms with Crippen molar-refractivity contribution < 1.29 is 19.4 Å². The summed E-state index contributed by atoms with van der Waals surface area (Å²) in [6.45, 7) is 4.93. The number of carboxylic acid groups (broad SMARTS) is 1. The van der Waals surface area contributed by atoms with E-state index < -0.39 is 17.9 Å². The molecule has 2 aromatic heterocycles. The summed E-state index contributed by atoms with van der Waals surface area (Å²) in [5.41, 5.74) is 4.35. The van der Waals surface area contributed by atoms with E-state index in [1.165, 1.54) is 12.0 Å². The molecule has 0 bridgehead atoms. The van der Waals surface area contributed by atoms with Gasteiger partial charge in [0.05, 0.1) is 11.7 Å². The molecule has 9 heteroatoms. The van der Waals surface area contributed by atoms with Crippen molar-refractivity contribution in [2.45, 2.75) is 70.9 Å². The Hall–Kier alpha value is -3.20. The highest BCUT2D eigenvalue weighted by Gasteiger charge is 2.30. The molecule has 9 nitrogen and oxygen atoms in total. The summed E-state index contributed by atoms with van der Waals surface area (Å²) in [6.07, 6.45) is 8.29. The van der Waals surface area contributed by atoms with Crippen LogP contribution < -0.4 is 15.5 Å². The van der Waals surface area contributed by atoms with Gasteiger partial charge in [-0.3, -0.25) is 4.79 Å². The number of aryl methyl sites for hydroxylation is 3. The highest BCUT2D eigenvalue weighted by Crippen LogP contribution is 2.34. The zero-order valence-corrected chi connectivity index (χ0v) is 22.3. The number of hydrogen-bond donors (Lipinski definition) is 3. The molecule has 1 fully saturated rings. The number of fused-ring (bicyclic) bond motifs is 1. The number of nitrogens with zero attached hydrogens (tertiary/aromatic N) is 3. The zero-order valence-electron chi connectivity index (χ0n) is 22.3. The van der Waals surface area contributed by atoms with E-state index in [-0.39, 0.29) is 12.5 Å². The third-order valence-electron chi connectivity index (χ3n) is 7.45. The predicted octanol–water partition coefficient (Wildman–Crippen LogP) is 3.52. The minimum Gasteiger partial charge on any atom is -0.480 e. The SMILES string of the molecule is Cc1cnc(N(C)C)c(C)c1C(=O)N[C@@H](CCOC1CC(CCc2ccc3c(n2)NCCC3)C1)C(=O)O. The molecule has 1 saturated carbocycles. The summed E-state index contributed by atoms with van der Waals surface area (Å²) in [5.74, 6) is 0.875. The first-order chi connectivity index (χ1) is 17.7. The first-order valence-corrected chi connectivity index (χ1v) is 13.2. The smallest absolute Gasteiger partial charge is 0.326 e. The van der Waals surface area contributed by atoms with Gasteiger partial charge in [-0.25, -0.2) is 14.8 Å². The van der Waals surface area contributed by atoms with Gasteiger partial charge in [-0.15, -0.1) is 0 Å². The molecule has 1 aliphatic carbocycles. The molecule has 0 spiro atoms. The minimum absolute atomic E-state index is 0.153. The summed E-state index contributed by atoms with van der Waals surface area (Å²) in [6, 6.07) is 3.34. The fraction of sp³-hybridized carbons (Fsp3) is 0.571. The Morgan fingerprint density at radius 3 is 2.78 bits per heavy atom.